The molecule has 0 N–H and O–H groups in total. The molecular formula is C13H26Na2O4S. The topological polar surface area (TPSA) is 66.4 Å². The van der Waals surface area contributed by atoms with Gasteiger partial charge < -0.3 is 16.2 Å². The molecule has 0 amide bonds. The van der Waals surface area contributed by atoms with E-state index in [0.717, 1.165) is 12.8 Å². The Morgan fingerprint density at radius 2 is 1.60 bits per heavy atom. The number of rotatable bonds is 11. The van der Waals surface area contributed by atoms with Gasteiger partial charge in [0.1, 0.15) is 0 Å². The molecular weight excluding hydrogens is 298 g/mol. The Hall–Kier alpha value is 1.87. The third-order valence-electron chi connectivity index (χ3n) is 2.78. The van der Waals surface area contributed by atoms with Crippen LogP contribution < -0.4 is 59.1 Å². The molecule has 0 bridgehead atoms. The molecule has 0 aromatic heterocycles. The minimum atomic E-state index is -4.24. The Morgan fingerprint density at radius 3 is 2.10 bits per heavy atom. The molecule has 0 aliphatic rings. The largest absolute Gasteiger partial charge is 1.00 e. The first-order valence-corrected chi connectivity index (χ1v) is 8.35. The SMILES string of the molecule is [CH2-]C(CS(=O)(=O)[O-])OC(C)CCCCCCCC.[Na+].[Na+]. The van der Waals surface area contributed by atoms with Gasteiger partial charge in [-0.1, -0.05) is 51.6 Å². The molecule has 0 spiro atoms. The maximum absolute atomic E-state index is 10.5. The molecule has 0 radical (unpaired) electrons. The molecule has 4 nitrogen and oxygen atoms in total. The van der Waals surface area contributed by atoms with Crippen LogP contribution in [0.4, 0.5) is 0 Å². The second kappa shape index (κ2) is 15.8. The average molecular weight is 324 g/mol. The van der Waals surface area contributed by atoms with E-state index >= 15 is 0 Å². The van der Waals surface area contributed by atoms with Crippen LogP contribution in [-0.2, 0) is 14.9 Å². The molecule has 0 aliphatic carbocycles. The Morgan fingerprint density at radius 1 is 1.10 bits per heavy atom. The van der Waals surface area contributed by atoms with Crippen LogP contribution in [0.15, 0.2) is 0 Å². The fourth-order valence-corrected chi connectivity index (χ4v) is 2.41. The van der Waals surface area contributed by atoms with Crippen LogP contribution in [0.3, 0.4) is 0 Å². The fourth-order valence-electron chi connectivity index (χ4n) is 1.88. The van der Waals surface area contributed by atoms with E-state index in [4.69, 9.17) is 4.74 Å². The van der Waals surface area contributed by atoms with Crippen LogP contribution in [0.2, 0.25) is 0 Å². The molecule has 0 heterocycles. The molecule has 0 fully saturated rings. The van der Waals surface area contributed by atoms with Gasteiger partial charge in [0.05, 0.1) is 16.2 Å². The predicted molar refractivity (Wildman–Crippen MR) is 72.2 cm³/mol. The number of hydrogen-bond acceptors (Lipinski definition) is 4. The van der Waals surface area contributed by atoms with Crippen molar-refractivity contribution in [3.8, 4) is 0 Å². The summed E-state index contributed by atoms with van der Waals surface area (Å²) in [4.78, 5) is 0. The first-order valence-electron chi connectivity index (χ1n) is 6.77. The molecule has 0 rings (SSSR count). The molecule has 0 aromatic carbocycles. The van der Waals surface area contributed by atoms with E-state index in [9.17, 15) is 13.0 Å². The Balaban J connectivity index is -0.00000144. The first-order chi connectivity index (χ1) is 8.35. The van der Waals surface area contributed by atoms with Gasteiger partial charge in [-0.25, -0.2) is 8.42 Å². The van der Waals surface area contributed by atoms with Crippen LogP contribution in [0.25, 0.3) is 0 Å². The summed E-state index contributed by atoms with van der Waals surface area (Å²) in [5.74, 6) is -0.548. The Labute approximate surface area is 169 Å². The van der Waals surface area contributed by atoms with Crippen molar-refractivity contribution in [2.45, 2.75) is 71.0 Å². The quantitative estimate of drug-likeness (QED) is 0.175. The van der Waals surface area contributed by atoms with Crippen LogP contribution in [-0.4, -0.2) is 30.9 Å². The van der Waals surface area contributed by atoms with Gasteiger partial charge in [-0.15, -0.1) is 0 Å². The second-order valence-corrected chi connectivity index (χ2v) is 6.30. The fraction of sp³-hybridized carbons (Fsp3) is 0.923. The zero-order chi connectivity index (χ0) is 14.0. The molecule has 110 valence electrons. The Kier molecular flexibility index (Phi) is 21.1. The molecule has 0 saturated carbocycles. The molecule has 20 heavy (non-hydrogen) atoms. The van der Waals surface area contributed by atoms with Crippen molar-refractivity contribution in [2.24, 2.45) is 0 Å². The number of unbranched alkanes of at least 4 members (excludes halogenated alkanes) is 5. The summed E-state index contributed by atoms with van der Waals surface area (Å²) in [6.45, 7) is 7.61. The molecule has 0 aliphatic heterocycles. The van der Waals surface area contributed by atoms with Gasteiger partial charge in [0, 0.05) is 5.75 Å². The van der Waals surface area contributed by atoms with Gasteiger partial charge in [-0.3, -0.25) is 0 Å². The second-order valence-electron chi connectivity index (χ2n) is 4.85. The minimum Gasteiger partial charge on any atom is -0.748 e. The third kappa shape index (κ3) is 19.9. The zero-order valence-corrected chi connectivity index (χ0v) is 18.4. The summed E-state index contributed by atoms with van der Waals surface area (Å²) in [5.41, 5.74) is 0. The summed E-state index contributed by atoms with van der Waals surface area (Å²) in [6.07, 6.45) is 7.37. The monoisotopic (exact) mass is 324 g/mol. The standard InChI is InChI=1S/C13H27O4S.2Na/c1-4-5-6-7-8-9-10-12(2)17-13(3)11-18(14,15)16;;/h12-13H,3-11H2,1-2H3,(H,14,15,16);;/q-1;2*+1/p-1. The molecule has 0 aromatic rings. The molecule has 2 unspecified atom stereocenters. The maximum atomic E-state index is 10.5. The van der Waals surface area contributed by atoms with E-state index in [1.807, 2.05) is 6.92 Å². The van der Waals surface area contributed by atoms with E-state index < -0.39 is 22.0 Å². The van der Waals surface area contributed by atoms with Gasteiger partial charge in [-0.2, -0.15) is 0 Å². The van der Waals surface area contributed by atoms with Crippen molar-refractivity contribution in [3.63, 3.8) is 0 Å². The van der Waals surface area contributed by atoms with Crippen molar-refractivity contribution < 1.29 is 76.8 Å². The number of hydrogen-bond donors (Lipinski definition) is 0. The number of ether oxygens (including phenoxy) is 1. The van der Waals surface area contributed by atoms with Crippen LogP contribution in [0, 0.1) is 6.92 Å². The van der Waals surface area contributed by atoms with Crippen molar-refractivity contribution in [1.82, 2.24) is 0 Å². The molecule has 7 heteroatoms. The summed E-state index contributed by atoms with van der Waals surface area (Å²) >= 11 is 0. The van der Waals surface area contributed by atoms with Crippen molar-refractivity contribution in [1.29, 1.82) is 0 Å². The van der Waals surface area contributed by atoms with E-state index in [1.165, 1.54) is 32.1 Å². The van der Waals surface area contributed by atoms with Crippen LogP contribution in [0.5, 0.6) is 0 Å². The predicted octanol–water partition coefficient (Wildman–Crippen LogP) is -3.10. The van der Waals surface area contributed by atoms with Crippen molar-refractivity contribution >= 4 is 10.1 Å². The van der Waals surface area contributed by atoms with E-state index in [1.54, 1.807) is 0 Å². The van der Waals surface area contributed by atoms with E-state index in [2.05, 4.69) is 13.8 Å². The van der Waals surface area contributed by atoms with Gasteiger partial charge in [0.15, 0.2) is 0 Å². The maximum Gasteiger partial charge on any atom is 1.00 e. The van der Waals surface area contributed by atoms with Crippen molar-refractivity contribution in [2.75, 3.05) is 5.75 Å². The van der Waals surface area contributed by atoms with Crippen molar-refractivity contribution in [3.05, 3.63) is 6.92 Å². The van der Waals surface area contributed by atoms with E-state index in [-0.39, 0.29) is 65.2 Å². The van der Waals surface area contributed by atoms with Crippen LogP contribution >= 0.6 is 0 Å². The average Bonchev–Trinajstić information content (AvgIpc) is 2.20. The Bertz CT molecular complexity index is 297. The first kappa shape index (κ1) is 26.8. The third-order valence-corrected chi connectivity index (χ3v) is 3.56. The normalized spacial score (nSPS) is 14.0. The zero-order valence-electron chi connectivity index (χ0n) is 13.6. The van der Waals surface area contributed by atoms with E-state index in [0.29, 0.717) is 0 Å². The molecule has 2 atom stereocenters. The summed E-state index contributed by atoms with van der Waals surface area (Å²) in [6, 6.07) is 0. The van der Waals surface area contributed by atoms with Gasteiger partial charge in [0.25, 0.3) is 0 Å². The smallest absolute Gasteiger partial charge is 0.748 e. The molecule has 0 saturated heterocycles. The van der Waals surface area contributed by atoms with Gasteiger partial charge >= 0.3 is 59.1 Å². The van der Waals surface area contributed by atoms with Crippen LogP contribution in [0.1, 0.15) is 58.8 Å². The van der Waals surface area contributed by atoms with Gasteiger partial charge in [-0.05, 0) is 13.3 Å². The van der Waals surface area contributed by atoms with Gasteiger partial charge in [0.2, 0.25) is 0 Å². The summed E-state index contributed by atoms with van der Waals surface area (Å²) < 4.78 is 36.9. The summed E-state index contributed by atoms with van der Waals surface area (Å²) in [5, 5.41) is 0. The minimum absolute atomic E-state index is 0. The summed E-state index contributed by atoms with van der Waals surface area (Å²) in [7, 11) is -4.24.